The molecule has 0 bridgehead atoms. The summed E-state index contributed by atoms with van der Waals surface area (Å²) in [6.07, 6.45) is 8.69. The monoisotopic (exact) mass is 359 g/mol. The molecule has 5 nitrogen and oxygen atoms in total. The summed E-state index contributed by atoms with van der Waals surface area (Å²) in [4.78, 5) is 16.8. The van der Waals surface area contributed by atoms with Gasteiger partial charge in [0, 0.05) is 19.5 Å². The number of para-hydroxylation sites is 1. The fourth-order valence-corrected chi connectivity index (χ4v) is 3.83. The van der Waals surface area contributed by atoms with Gasteiger partial charge in [-0.2, -0.15) is 0 Å². The van der Waals surface area contributed by atoms with E-state index in [1.165, 1.54) is 51.7 Å². The minimum absolute atomic E-state index is 0.0546. The van der Waals surface area contributed by atoms with Gasteiger partial charge in [0.05, 0.1) is 6.54 Å². The second-order valence-electron chi connectivity index (χ2n) is 7.48. The third-order valence-corrected chi connectivity index (χ3v) is 5.35. The predicted octanol–water partition coefficient (Wildman–Crippen LogP) is 3.51. The van der Waals surface area contributed by atoms with Crippen molar-refractivity contribution in [1.29, 1.82) is 0 Å². The number of nitrogens with zero attached hydrogens (tertiary/aromatic N) is 2. The molecule has 26 heavy (non-hydrogen) atoms. The van der Waals surface area contributed by atoms with Gasteiger partial charge in [0.25, 0.3) is 0 Å². The fourth-order valence-electron chi connectivity index (χ4n) is 3.83. The van der Waals surface area contributed by atoms with Gasteiger partial charge in [-0.1, -0.05) is 31.0 Å². The van der Waals surface area contributed by atoms with Crippen molar-refractivity contribution in [3.8, 4) is 5.75 Å². The van der Waals surface area contributed by atoms with E-state index >= 15 is 0 Å². The number of nitrogens with one attached hydrogen (secondary N) is 1. The number of ether oxygens (including phenoxy) is 1. The average molecular weight is 360 g/mol. The standard InChI is InChI=1S/C21H33N3O2/c25-21(22-13-6-9-16-23-14-7-1-2-8-15-23)24-17-12-20(18-24)26-19-10-4-3-5-11-19/h3-5,10-11,20H,1-2,6-9,12-18H2,(H,22,25). The summed E-state index contributed by atoms with van der Waals surface area (Å²) in [5.41, 5.74) is 0. The number of rotatable bonds is 7. The molecule has 0 saturated carbocycles. The van der Waals surface area contributed by atoms with Gasteiger partial charge in [0.2, 0.25) is 0 Å². The Kier molecular flexibility index (Phi) is 7.62. The third kappa shape index (κ3) is 6.20. The molecular weight excluding hydrogens is 326 g/mol. The van der Waals surface area contributed by atoms with Crippen molar-refractivity contribution in [3.05, 3.63) is 30.3 Å². The van der Waals surface area contributed by atoms with Crippen LogP contribution in [0.2, 0.25) is 0 Å². The van der Waals surface area contributed by atoms with Gasteiger partial charge < -0.3 is 19.9 Å². The highest BCUT2D eigenvalue weighted by atomic mass is 16.5. The molecule has 1 unspecified atom stereocenters. The smallest absolute Gasteiger partial charge is 0.317 e. The first kappa shape index (κ1) is 19.0. The van der Waals surface area contributed by atoms with Gasteiger partial charge in [-0.05, 0) is 57.5 Å². The van der Waals surface area contributed by atoms with Crippen LogP contribution in [-0.2, 0) is 0 Å². The van der Waals surface area contributed by atoms with E-state index in [1.54, 1.807) is 0 Å². The normalized spacial score (nSPS) is 21.4. The number of hydrogen-bond donors (Lipinski definition) is 1. The Morgan fingerprint density at radius 2 is 1.81 bits per heavy atom. The van der Waals surface area contributed by atoms with Crippen LogP contribution >= 0.6 is 0 Å². The van der Waals surface area contributed by atoms with Crippen LogP contribution in [0.5, 0.6) is 5.75 Å². The number of likely N-dealkylation sites (tertiary alicyclic amines) is 2. The van der Waals surface area contributed by atoms with Crippen LogP contribution in [0, 0.1) is 0 Å². The summed E-state index contributed by atoms with van der Waals surface area (Å²) in [6, 6.07) is 9.91. The van der Waals surface area contributed by atoms with Gasteiger partial charge in [0.15, 0.2) is 0 Å². The Labute approximate surface area is 157 Å². The molecule has 0 spiro atoms. The molecule has 144 valence electrons. The minimum Gasteiger partial charge on any atom is -0.489 e. The lowest BCUT2D eigenvalue weighted by atomic mass is 10.2. The summed E-state index contributed by atoms with van der Waals surface area (Å²) in [5, 5.41) is 3.07. The zero-order valence-electron chi connectivity index (χ0n) is 15.9. The molecule has 0 aliphatic carbocycles. The molecule has 1 N–H and O–H groups in total. The first-order valence-corrected chi connectivity index (χ1v) is 10.3. The summed E-state index contributed by atoms with van der Waals surface area (Å²) in [7, 11) is 0. The van der Waals surface area contributed by atoms with Crippen LogP contribution in [0.1, 0.15) is 44.9 Å². The van der Waals surface area contributed by atoms with Gasteiger partial charge >= 0.3 is 6.03 Å². The van der Waals surface area contributed by atoms with Crippen LogP contribution in [0.3, 0.4) is 0 Å². The van der Waals surface area contributed by atoms with Crippen LogP contribution in [0.25, 0.3) is 0 Å². The van der Waals surface area contributed by atoms with Crippen molar-refractivity contribution in [2.75, 3.05) is 39.3 Å². The summed E-state index contributed by atoms with van der Waals surface area (Å²) < 4.78 is 5.95. The molecule has 2 aliphatic heterocycles. The lowest BCUT2D eigenvalue weighted by Gasteiger charge is -2.20. The van der Waals surface area contributed by atoms with E-state index in [0.29, 0.717) is 6.54 Å². The third-order valence-electron chi connectivity index (χ3n) is 5.35. The number of urea groups is 1. The molecule has 1 aromatic carbocycles. The second kappa shape index (κ2) is 10.4. The van der Waals surface area contributed by atoms with Crippen molar-refractivity contribution in [2.24, 2.45) is 0 Å². The maximum atomic E-state index is 12.3. The van der Waals surface area contributed by atoms with Crippen molar-refractivity contribution in [1.82, 2.24) is 15.1 Å². The van der Waals surface area contributed by atoms with E-state index in [-0.39, 0.29) is 12.1 Å². The number of benzene rings is 1. The van der Waals surface area contributed by atoms with Gasteiger partial charge in [-0.3, -0.25) is 0 Å². The summed E-state index contributed by atoms with van der Waals surface area (Å²) in [5.74, 6) is 0.883. The van der Waals surface area contributed by atoms with Crippen molar-refractivity contribution < 1.29 is 9.53 Å². The highest BCUT2D eigenvalue weighted by Crippen LogP contribution is 2.18. The molecule has 3 rings (SSSR count). The predicted molar refractivity (Wildman–Crippen MR) is 105 cm³/mol. The lowest BCUT2D eigenvalue weighted by Crippen LogP contribution is -2.40. The SMILES string of the molecule is O=C(NCCCCN1CCCCCC1)N1CCC(Oc2ccccc2)C1. The largest absolute Gasteiger partial charge is 0.489 e. The van der Waals surface area contributed by atoms with E-state index in [0.717, 1.165) is 31.7 Å². The Balaban J connectivity index is 1.27. The molecule has 0 aromatic heterocycles. The fraction of sp³-hybridized carbons (Fsp3) is 0.667. The van der Waals surface area contributed by atoms with Crippen molar-refractivity contribution in [3.63, 3.8) is 0 Å². The Morgan fingerprint density at radius 1 is 1.04 bits per heavy atom. The lowest BCUT2D eigenvalue weighted by molar-refractivity contribution is 0.186. The molecule has 2 amide bonds. The number of hydrogen-bond acceptors (Lipinski definition) is 3. The topological polar surface area (TPSA) is 44.8 Å². The number of carbonyl (C=O) groups is 1. The summed E-state index contributed by atoms with van der Waals surface area (Å²) >= 11 is 0. The molecular formula is C21H33N3O2. The Hall–Kier alpha value is -1.75. The van der Waals surface area contributed by atoms with Crippen molar-refractivity contribution in [2.45, 2.75) is 51.0 Å². The van der Waals surface area contributed by atoms with E-state index in [2.05, 4.69) is 10.2 Å². The van der Waals surface area contributed by atoms with E-state index in [4.69, 9.17) is 4.74 Å². The van der Waals surface area contributed by atoms with Crippen molar-refractivity contribution >= 4 is 6.03 Å². The minimum atomic E-state index is 0.0546. The van der Waals surface area contributed by atoms with Crippen LogP contribution in [0.15, 0.2) is 30.3 Å². The molecule has 2 aliphatic rings. The zero-order valence-corrected chi connectivity index (χ0v) is 15.9. The van der Waals surface area contributed by atoms with Gasteiger partial charge in [0.1, 0.15) is 11.9 Å². The zero-order chi connectivity index (χ0) is 18.0. The number of unbranched alkanes of at least 4 members (excludes halogenated alkanes) is 1. The molecule has 1 atom stereocenters. The first-order chi connectivity index (χ1) is 12.8. The molecule has 1 aromatic rings. The van der Waals surface area contributed by atoms with Crippen LogP contribution < -0.4 is 10.1 Å². The summed E-state index contributed by atoms with van der Waals surface area (Å²) in [6.45, 7) is 5.90. The number of amides is 2. The van der Waals surface area contributed by atoms with Gasteiger partial charge in [-0.25, -0.2) is 4.79 Å². The van der Waals surface area contributed by atoms with E-state index in [9.17, 15) is 4.79 Å². The average Bonchev–Trinajstić information content (AvgIpc) is 2.97. The molecule has 2 fully saturated rings. The molecule has 2 saturated heterocycles. The highest BCUT2D eigenvalue weighted by molar-refractivity contribution is 5.74. The maximum absolute atomic E-state index is 12.3. The van der Waals surface area contributed by atoms with Gasteiger partial charge in [-0.15, -0.1) is 0 Å². The Bertz CT molecular complexity index is 529. The van der Waals surface area contributed by atoms with E-state index < -0.39 is 0 Å². The molecule has 2 heterocycles. The first-order valence-electron chi connectivity index (χ1n) is 10.3. The maximum Gasteiger partial charge on any atom is 0.317 e. The number of carbonyl (C=O) groups excluding carboxylic acids is 1. The molecule has 0 radical (unpaired) electrons. The van der Waals surface area contributed by atoms with Crippen LogP contribution in [0.4, 0.5) is 4.79 Å². The van der Waals surface area contributed by atoms with E-state index in [1.807, 2.05) is 35.2 Å². The molecule has 5 heteroatoms. The highest BCUT2D eigenvalue weighted by Gasteiger charge is 2.27. The van der Waals surface area contributed by atoms with Crippen LogP contribution in [-0.4, -0.2) is 61.2 Å². The Morgan fingerprint density at radius 3 is 2.58 bits per heavy atom. The second-order valence-corrected chi connectivity index (χ2v) is 7.48. The quantitative estimate of drug-likeness (QED) is 0.758.